The summed E-state index contributed by atoms with van der Waals surface area (Å²) < 4.78 is 10.9. The van der Waals surface area contributed by atoms with Crippen molar-refractivity contribution in [2.75, 3.05) is 25.6 Å². The molecule has 2 rings (SSSR count). The number of anilines is 1. The van der Waals surface area contributed by atoms with Gasteiger partial charge < -0.3 is 20.1 Å². The van der Waals surface area contributed by atoms with Crippen LogP contribution in [-0.4, -0.2) is 37.8 Å². The van der Waals surface area contributed by atoms with Gasteiger partial charge in [-0.1, -0.05) is 12.1 Å². The molecule has 0 radical (unpaired) electrons. The fourth-order valence-corrected chi connectivity index (χ4v) is 2.59. The zero-order valence-corrected chi connectivity index (χ0v) is 12.9. The van der Waals surface area contributed by atoms with Gasteiger partial charge in [0.25, 0.3) is 0 Å². The number of hydrogen-bond donors (Lipinski definition) is 2. The summed E-state index contributed by atoms with van der Waals surface area (Å²) in [5, 5.41) is 6.17. The van der Waals surface area contributed by atoms with E-state index in [0.717, 1.165) is 19.4 Å². The average Bonchev–Trinajstić information content (AvgIpc) is 2.45. The molecule has 1 aromatic rings. The quantitative estimate of drug-likeness (QED) is 0.873. The van der Waals surface area contributed by atoms with Crippen molar-refractivity contribution in [3.05, 3.63) is 24.3 Å². The van der Waals surface area contributed by atoms with E-state index in [9.17, 15) is 4.79 Å². The maximum absolute atomic E-state index is 12.0. The summed E-state index contributed by atoms with van der Waals surface area (Å²) in [5.41, 5.74) is 0.578. The van der Waals surface area contributed by atoms with Crippen LogP contribution in [0.2, 0.25) is 0 Å². The number of nitrogens with one attached hydrogen (secondary N) is 2. The predicted molar refractivity (Wildman–Crippen MR) is 82.7 cm³/mol. The summed E-state index contributed by atoms with van der Waals surface area (Å²) in [6.07, 6.45) is 1.85. The molecule has 1 amide bonds. The molecule has 0 bridgehead atoms. The highest BCUT2D eigenvalue weighted by Gasteiger charge is 2.28. The highest BCUT2D eigenvalue weighted by Crippen LogP contribution is 2.24. The van der Waals surface area contributed by atoms with E-state index in [1.807, 2.05) is 24.3 Å². The van der Waals surface area contributed by atoms with Crippen molar-refractivity contribution in [2.45, 2.75) is 38.3 Å². The molecule has 0 spiro atoms. The number of para-hydroxylation sites is 2. The van der Waals surface area contributed by atoms with Crippen LogP contribution in [0, 0.1) is 0 Å². The van der Waals surface area contributed by atoms with Crippen LogP contribution in [0.3, 0.4) is 0 Å². The second-order valence-corrected chi connectivity index (χ2v) is 5.93. The molecule has 1 aliphatic rings. The third-order valence-electron chi connectivity index (χ3n) is 3.63. The third-order valence-corrected chi connectivity index (χ3v) is 3.63. The molecule has 0 aliphatic carbocycles. The zero-order chi connectivity index (χ0) is 15.3. The van der Waals surface area contributed by atoms with Gasteiger partial charge in [-0.15, -0.1) is 0 Å². The molecule has 1 aliphatic heterocycles. The van der Waals surface area contributed by atoms with E-state index in [4.69, 9.17) is 9.47 Å². The first-order chi connectivity index (χ1) is 10.00. The number of methoxy groups -OCH3 is 1. The Hall–Kier alpha value is -1.59. The number of carbonyl (C=O) groups is 1. The summed E-state index contributed by atoms with van der Waals surface area (Å²) in [5.74, 6) is 0.599. The minimum Gasteiger partial charge on any atom is -0.495 e. The molecule has 1 heterocycles. The molecular formula is C16H24N2O3. The number of amides is 1. The second-order valence-electron chi connectivity index (χ2n) is 5.93. The Morgan fingerprint density at radius 2 is 2.19 bits per heavy atom. The average molecular weight is 292 g/mol. The van der Waals surface area contributed by atoms with E-state index in [0.29, 0.717) is 24.0 Å². The molecular weight excluding hydrogens is 268 g/mol. The Labute approximate surface area is 126 Å². The van der Waals surface area contributed by atoms with Gasteiger partial charge in [0.15, 0.2) is 0 Å². The van der Waals surface area contributed by atoms with Crippen LogP contribution in [-0.2, 0) is 9.53 Å². The van der Waals surface area contributed by atoms with Gasteiger partial charge >= 0.3 is 0 Å². The van der Waals surface area contributed by atoms with Crippen LogP contribution in [0.5, 0.6) is 5.75 Å². The van der Waals surface area contributed by atoms with E-state index in [2.05, 4.69) is 24.5 Å². The Kier molecular flexibility index (Phi) is 5.20. The van der Waals surface area contributed by atoms with Gasteiger partial charge in [-0.2, -0.15) is 0 Å². The lowest BCUT2D eigenvalue weighted by Gasteiger charge is -2.35. The maximum atomic E-state index is 12.0. The molecule has 2 N–H and O–H groups in total. The summed E-state index contributed by atoms with van der Waals surface area (Å²) in [7, 11) is 1.59. The molecule has 5 nitrogen and oxygen atoms in total. The minimum atomic E-state index is -0.116. The maximum Gasteiger partial charge on any atom is 0.238 e. The Balaban J connectivity index is 1.82. The summed E-state index contributed by atoms with van der Waals surface area (Å²) in [6, 6.07) is 7.71. The zero-order valence-electron chi connectivity index (χ0n) is 12.9. The molecule has 21 heavy (non-hydrogen) atoms. The molecule has 0 saturated carbocycles. The summed E-state index contributed by atoms with van der Waals surface area (Å²) in [4.78, 5) is 12.0. The molecule has 116 valence electrons. The van der Waals surface area contributed by atoms with Gasteiger partial charge in [0.05, 0.1) is 24.9 Å². The number of rotatable bonds is 5. The van der Waals surface area contributed by atoms with Gasteiger partial charge in [-0.05, 0) is 38.8 Å². The third kappa shape index (κ3) is 4.72. The number of benzene rings is 1. The topological polar surface area (TPSA) is 59.6 Å². The van der Waals surface area contributed by atoms with Gasteiger partial charge in [0.2, 0.25) is 5.91 Å². The van der Waals surface area contributed by atoms with Crippen molar-refractivity contribution in [1.82, 2.24) is 5.32 Å². The first-order valence-corrected chi connectivity index (χ1v) is 7.30. The van der Waals surface area contributed by atoms with Crippen LogP contribution >= 0.6 is 0 Å². The number of hydrogen-bond acceptors (Lipinski definition) is 4. The Morgan fingerprint density at radius 1 is 1.43 bits per heavy atom. The Bertz CT molecular complexity index is 488. The summed E-state index contributed by atoms with van der Waals surface area (Å²) >= 11 is 0. The van der Waals surface area contributed by atoms with Crippen LogP contribution in [0.4, 0.5) is 5.69 Å². The lowest BCUT2D eigenvalue weighted by Crippen LogP contribution is -2.45. The van der Waals surface area contributed by atoms with Gasteiger partial charge in [-0.25, -0.2) is 0 Å². The van der Waals surface area contributed by atoms with Crippen LogP contribution < -0.4 is 15.4 Å². The van der Waals surface area contributed by atoms with Crippen molar-refractivity contribution >= 4 is 11.6 Å². The lowest BCUT2D eigenvalue weighted by molar-refractivity contribution is -0.116. The predicted octanol–water partition coefficient (Wildman–Crippen LogP) is 2.18. The van der Waals surface area contributed by atoms with Gasteiger partial charge in [0, 0.05) is 12.6 Å². The highest BCUT2D eigenvalue weighted by molar-refractivity contribution is 5.93. The van der Waals surface area contributed by atoms with Gasteiger partial charge in [0.1, 0.15) is 5.75 Å². The minimum absolute atomic E-state index is 0.0659. The molecule has 1 saturated heterocycles. The SMILES string of the molecule is COc1ccccc1NC(=O)CNC1CCOC(C)(C)C1. The normalized spacial score (nSPS) is 20.8. The molecule has 1 atom stereocenters. The largest absolute Gasteiger partial charge is 0.495 e. The molecule has 1 aromatic carbocycles. The van der Waals surface area contributed by atoms with Crippen molar-refractivity contribution in [3.8, 4) is 5.75 Å². The standard InChI is InChI=1S/C16H24N2O3/c1-16(2)10-12(8-9-21-16)17-11-15(19)18-13-6-4-5-7-14(13)20-3/h4-7,12,17H,8-11H2,1-3H3,(H,18,19). The fraction of sp³-hybridized carbons (Fsp3) is 0.562. The Morgan fingerprint density at radius 3 is 2.90 bits per heavy atom. The molecule has 0 aromatic heterocycles. The highest BCUT2D eigenvalue weighted by atomic mass is 16.5. The van der Waals surface area contributed by atoms with E-state index >= 15 is 0 Å². The van der Waals surface area contributed by atoms with E-state index in [-0.39, 0.29) is 11.5 Å². The molecule has 1 unspecified atom stereocenters. The summed E-state index contributed by atoms with van der Waals surface area (Å²) in [6.45, 7) is 5.18. The van der Waals surface area contributed by atoms with Crippen molar-refractivity contribution in [2.24, 2.45) is 0 Å². The first kappa shape index (κ1) is 15.8. The van der Waals surface area contributed by atoms with Crippen LogP contribution in [0.1, 0.15) is 26.7 Å². The second kappa shape index (κ2) is 6.91. The van der Waals surface area contributed by atoms with Crippen molar-refractivity contribution in [1.29, 1.82) is 0 Å². The lowest BCUT2D eigenvalue weighted by atomic mass is 9.94. The van der Waals surface area contributed by atoms with E-state index < -0.39 is 0 Å². The first-order valence-electron chi connectivity index (χ1n) is 7.30. The smallest absolute Gasteiger partial charge is 0.238 e. The molecule has 1 fully saturated rings. The molecule has 5 heteroatoms. The van der Waals surface area contributed by atoms with Crippen LogP contribution in [0.25, 0.3) is 0 Å². The van der Waals surface area contributed by atoms with Crippen molar-refractivity contribution < 1.29 is 14.3 Å². The number of ether oxygens (including phenoxy) is 2. The van der Waals surface area contributed by atoms with Crippen molar-refractivity contribution in [3.63, 3.8) is 0 Å². The van der Waals surface area contributed by atoms with Crippen LogP contribution in [0.15, 0.2) is 24.3 Å². The van der Waals surface area contributed by atoms with E-state index in [1.165, 1.54) is 0 Å². The monoisotopic (exact) mass is 292 g/mol. The van der Waals surface area contributed by atoms with Gasteiger partial charge in [-0.3, -0.25) is 4.79 Å². The fourth-order valence-electron chi connectivity index (χ4n) is 2.59. The number of carbonyl (C=O) groups excluding carboxylic acids is 1. The van der Waals surface area contributed by atoms with E-state index in [1.54, 1.807) is 7.11 Å².